The molecule has 3 aliphatic rings. The first-order chi connectivity index (χ1) is 17.1. The molecule has 4 aromatic rings. The summed E-state index contributed by atoms with van der Waals surface area (Å²) >= 11 is 0. The van der Waals surface area contributed by atoms with Gasteiger partial charge in [0, 0.05) is 66.5 Å². The number of fused-ring (bicyclic) bond motifs is 2. The Labute approximate surface area is 203 Å². The van der Waals surface area contributed by atoms with Gasteiger partial charge in [0.1, 0.15) is 17.1 Å². The zero-order valence-electron chi connectivity index (χ0n) is 20.0. The topological polar surface area (TPSA) is 82.6 Å². The molecule has 0 aromatic carbocycles. The van der Waals surface area contributed by atoms with Gasteiger partial charge in [-0.05, 0) is 56.2 Å². The van der Waals surface area contributed by atoms with E-state index in [0.717, 1.165) is 65.2 Å². The Morgan fingerprint density at radius 3 is 2.66 bits per heavy atom. The summed E-state index contributed by atoms with van der Waals surface area (Å²) in [4.78, 5) is 25.2. The maximum absolute atomic E-state index is 14.2. The second-order valence-electron chi connectivity index (χ2n) is 10.7. The average Bonchev–Trinajstić information content (AvgIpc) is 3.25. The fourth-order valence-corrected chi connectivity index (χ4v) is 5.99. The van der Waals surface area contributed by atoms with Gasteiger partial charge in [-0.1, -0.05) is 6.42 Å². The van der Waals surface area contributed by atoms with Crippen molar-refractivity contribution in [1.82, 2.24) is 30.2 Å². The molecule has 7 nitrogen and oxygen atoms in total. The predicted octanol–water partition coefficient (Wildman–Crippen LogP) is 4.85. The summed E-state index contributed by atoms with van der Waals surface area (Å²) in [7, 11) is 0. The fourth-order valence-electron chi connectivity index (χ4n) is 5.99. The zero-order chi connectivity index (χ0) is 23.6. The van der Waals surface area contributed by atoms with E-state index in [0.29, 0.717) is 24.6 Å². The number of pyridine rings is 2. The standard InChI is InChI=1S/C27H30FN7/c1-27(28)12-17(13-27)21-11-19-18(5-6-31-24(19)32-21)25-33-22-15-30-14-20(16-3-2-4-16)23(22)26(34-25)35-9-7-29-8-10-35/h5-6,11,14-17,29H,2-4,7-10,12-13H2,1H3,(H,31,32). The molecule has 2 saturated carbocycles. The molecule has 4 aromatic heterocycles. The molecule has 35 heavy (non-hydrogen) atoms. The molecule has 0 amide bonds. The Kier molecular flexibility index (Phi) is 4.81. The van der Waals surface area contributed by atoms with Crippen LogP contribution in [-0.4, -0.2) is 56.8 Å². The molecule has 2 N–H and O–H groups in total. The lowest BCUT2D eigenvalue weighted by molar-refractivity contribution is 0.0602. The van der Waals surface area contributed by atoms with E-state index in [2.05, 4.69) is 31.2 Å². The van der Waals surface area contributed by atoms with Crippen molar-refractivity contribution in [3.63, 3.8) is 0 Å². The highest BCUT2D eigenvalue weighted by Gasteiger charge is 2.42. The molecule has 1 aliphatic heterocycles. The van der Waals surface area contributed by atoms with Gasteiger partial charge in [-0.25, -0.2) is 19.3 Å². The molecule has 0 bridgehead atoms. The molecule has 0 unspecified atom stereocenters. The molecule has 3 fully saturated rings. The minimum atomic E-state index is -1.07. The van der Waals surface area contributed by atoms with E-state index in [9.17, 15) is 4.39 Å². The number of piperazine rings is 1. The smallest absolute Gasteiger partial charge is 0.163 e. The number of aromatic amines is 1. The highest BCUT2D eigenvalue weighted by atomic mass is 19.1. The van der Waals surface area contributed by atoms with Crippen molar-refractivity contribution < 1.29 is 4.39 Å². The lowest BCUT2D eigenvalue weighted by Crippen LogP contribution is -2.44. The predicted molar refractivity (Wildman–Crippen MR) is 136 cm³/mol. The van der Waals surface area contributed by atoms with Crippen LogP contribution >= 0.6 is 0 Å². The number of alkyl halides is 1. The van der Waals surface area contributed by atoms with Gasteiger partial charge in [-0.3, -0.25) is 4.98 Å². The first-order valence-electron chi connectivity index (χ1n) is 12.8. The van der Waals surface area contributed by atoms with Crippen molar-refractivity contribution >= 4 is 27.8 Å². The number of nitrogens with one attached hydrogen (secondary N) is 2. The molecule has 7 rings (SSSR count). The molecule has 0 atom stereocenters. The lowest BCUT2D eigenvalue weighted by Gasteiger charge is -2.38. The Morgan fingerprint density at radius 2 is 1.91 bits per heavy atom. The van der Waals surface area contributed by atoms with Crippen molar-refractivity contribution in [2.24, 2.45) is 0 Å². The molecule has 0 radical (unpaired) electrons. The van der Waals surface area contributed by atoms with Crippen molar-refractivity contribution in [3.8, 4) is 11.4 Å². The second-order valence-corrected chi connectivity index (χ2v) is 10.7. The van der Waals surface area contributed by atoms with E-state index >= 15 is 0 Å². The van der Waals surface area contributed by atoms with Crippen LogP contribution in [0.25, 0.3) is 33.3 Å². The number of anilines is 1. The largest absolute Gasteiger partial charge is 0.353 e. The molecule has 5 heterocycles. The Hall–Kier alpha value is -3.13. The monoisotopic (exact) mass is 471 g/mol. The highest BCUT2D eigenvalue weighted by Crippen LogP contribution is 2.47. The minimum absolute atomic E-state index is 0.204. The maximum Gasteiger partial charge on any atom is 0.163 e. The van der Waals surface area contributed by atoms with Crippen LogP contribution in [-0.2, 0) is 0 Å². The van der Waals surface area contributed by atoms with Crippen molar-refractivity contribution in [3.05, 3.63) is 42.0 Å². The fraction of sp³-hybridized carbons (Fsp3) is 0.481. The molecule has 0 spiro atoms. The van der Waals surface area contributed by atoms with E-state index in [1.165, 1.54) is 24.8 Å². The van der Waals surface area contributed by atoms with Crippen LogP contribution < -0.4 is 10.2 Å². The van der Waals surface area contributed by atoms with Gasteiger partial charge < -0.3 is 15.2 Å². The van der Waals surface area contributed by atoms with Gasteiger partial charge in [-0.15, -0.1) is 0 Å². The third-order valence-corrected chi connectivity index (χ3v) is 8.16. The number of rotatable bonds is 4. The molecule has 8 heteroatoms. The minimum Gasteiger partial charge on any atom is -0.353 e. The quantitative estimate of drug-likeness (QED) is 0.443. The molecule has 2 aliphatic carbocycles. The summed E-state index contributed by atoms with van der Waals surface area (Å²) < 4.78 is 14.2. The Balaban J connectivity index is 1.38. The average molecular weight is 472 g/mol. The molecular formula is C27H30FN7. The number of nitrogens with zero attached hydrogens (tertiary/aromatic N) is 5. The molecule has 1 saturated heterocycles. The number of H-pyrrole nitrogens is 1. The first-order valence-corrected chi connectivity index (χ1v) is 12.8. The lowest BCUT2D eigenvalue weighted by atomic mass is 9.72. The Bertz CT molecular complexity index is 1410. The maximum atomic E-state index is 14.2. The van der Waals surface area contributed by atoms with Crippen LogP contribution in [0.3, 0.4) is 0 Å². The number of aromatic nitrogens is 5. The van der Waals surface area contributed by atoms with Gasteiger partial charge in [0.25, 0.3) is 0 Å². The van der Waals surface area contributed by atoms with Crippen LogP contribution in [0.5, 0.6) is 0 Å². The third kappa shape index (κ3) is 3.57. The Morgan fingerprint density at radius 1 is 1.09 bits per heavy atom. The van der Waals surface area contributed by atoms with Crippen LogP contribution in [0.2, 0.25) is 0 Å². The second kappa shape index (κ2) is 7.95. The molecular weight excluding hydrogens is 441 g/mol. The van der Waals surface area contributed by atoms with E-state index in [-0.39, 0.29) is 5.92 Å². The van der Waals surface area contributed by atoms with E-state index in [4.69, 9.17) is 9.97 Å². The van der Waals surface area contributed by atoms with Crippen molar-refractivity contribution in [1.29, 1.82) is 0 Å². The van der Waals surface area contributed by atoms with Gasteiger partial charge in [0.05, 0.1) is 11.7 Å². The van der Waals surface area contributed by atoms with Crippen molar-refractivity contribution in [2.45, 2.75) is 56.5 Å². The van der Waals surface area contributed by atoms with E-state index in [1.54, 1.807) is 13.1 Å². The summed E-state index contributed by atoms with van der Waals surface area (Å²) in [6, 6.07) is 4.12. The summed E-state index contributed by atoms with van der Waals surface area (Å²) in [5.74, 6) is 2.46. The summed E-state index contributed by atoms with van der Waals surface area (Å²) in [6.07, 6.45) is 10.5. The van der Waals surface area contributed by atoms with Gasteiger partial charge in [-0.2, -0.15) is 0 Å². The normalized spacial score (nSPS) is 25.1. The van der Waals surface area contributed by atoms with Crippen LogP contribution in [0.15, 0.2) is 30.7 Å². The van der Waals surface area contributed by atoms with Crippen molar-refractivity contribution in [2.75, 3.05) is 31.1 Å². The van der Waals surface area contributed by atoms with E-state index < -0.39 is 5.67 Å². The van der Waals surface area contributed by atoms with E-state index in [1.807, 2.05) is 18.5 Å². The van der Waals surface area contributed by atoms with Crippen LogP contribution in [0.4, 0.5) is 10.2 Å². The molecule has 180 valence electrons. The number of hydrogen-bond acceptors (Lipinski definition) is 6. The third-order valence-electron chi connectivity index (χ3n) is 8.16. The van der Waals surface area contributed by atoms with Crippen LogP contribution in [0, 0.1) is 0 Å². The first kappa shape index (κ1) is 21.2. The number of halogens is 1. The van der Waals surface area contributed by atoms with Gasteiger partial charge >= 0.3 is 0 Å². The highest BCUT2D eigenvalue weighted by molar-refractivity contribution is 5.97. The zero-order valence-corrected chi connectivity index (χ0v) is 20.0. The van der Waals surface area contributed by atoms with Gasteiger partial charge in [0.15, 0.2) is 5.82 Å². The summed E-state index contributed by atoms with van der Waals surface area (Å²) in [6.45, 7) is 5.41. The van der Waals surface area contributed by atoms with Crippen LogP contribution in [0.1, 0.15) is 62.1 Å². The van der Waals surface area contributed by atoms with Gasteiger partial charge in [0.2, 0.25) is 0 Å². The summed E-state index contributed by atoms with van der Waals surface area (Å²) in [5, 5.41) is 5.61. The number of hydrogen-bond donors (Lipinski definition) is 2. The SMILES string of the molecule is CC1(F)CC(c2cc3c(-c4nc(N5CCNCC5)c5c(C6CCC6)cncc5n4)ccnc3[nH]2)C1. The summed E-state index contributed by atoms with van der Waals surface area (Å²) in [5.41, 5.74) is 3.93.